The Morgan fingerprint density at radius 1 is 1.14 bits per heavy atom. The van der Waals surface area contributed by atoms with Crippen molar-refractivity contribution in [2.24, 2.45) is 0 Å². The molecular weight excluding hydrogens is 323 g/mol. The number of nitrogens with zero attached hydrogens (tertiary/aromatic N) is 3. The van der Waals surface area contributed by atoms with Crippen LogP contribution in [0, 0.1) is 0 Å². The van der Waals surface area contributed by atoms with Crippen LogP contribution in [-0.2, 0) is 0 Å². The van der Waals surface area contributed by atoms with E-state index in [1.54, 1.807) is 0 Å². The molecule has 3 nitrogen and oxygen atoms in total. The van der Waals surface area contributed by atoms with Gasteiger partial charge >= 0.3 is 6.18 Å². The lowest BCUT2D eigenvalue weighted by atomic mass is 10.1. The van der Waals surface area contributed by atoms with Gasteiger partial charge in [-0.3, -0.25) is 0 Å². The van der Waals surface area contributed by atoms with E-state index in [9.17, 15) is 13.2 Å². The lowest BCUT2D eigenvalue weighted by Crippen LogP contribution is -2.31. The topological polar surface area (TPSA) is 29.0 Å². The van der Waals surface area contributed by atoms with Crippen molar-refractivity contribution in [2.45, 2.75) is 17.1 Å². The Morgan fingerprint density at radius 2 is 1.71 bits per heavy atom. The van der Waals surface area contributed by atoms with Crippen LogP contribution in [0.3, 0.4) is 0 Å². The maximum absolute atomic E-state index is 13.3. The third-order valence-corrected chi connectivity index (χ3v) is 3.82. The number of hydrogen-bond acceptors (Lipinski definition) is 4. The number of aromatic nitrogens is 2. The predicted octanol–water partition coefficient (Wildman–Crippen LogP) is 4.37. The Bertz CT molecular complexity index is 577. The minimum absolute atomic E-state index is 0.124. The van der Waals surface area contributed by atoms with Crippen LogP contribution in [0.1, 0.15) is 11.6 Å². The molecule has 1 heterocycles. The summed E-state index contributed by atoms with van der Waals surface area (Å²) in [7, 11) is 1.38. The van der Waals surface area contributed by atoms with Crippen molar-refractivity contribution in [3.05, 3.63) is 53.6 Å². The van der Waals surface area contributed by atoms with Gasteiger partial charge in [-0.1, -0.05) is 23.7 Å². The van der Waals surface area contributed by atoms with Crippen molar-refractivity contribution in [3.63, 3.8) is 0 Å². The Balaban J connectivity index is 2.26. The van der Waals surface area contributed by atoms with Crippen molar-refractivity contribution in [2.75, 3.05) is 7.05 Å². The molecule has 112 valence electrons. The fraction of sp³-hybridized carbons (Fsp3) is 0.231. The molecule has 0 unspecified atom stereocenters. The molecule has 1 aromatic heterocycles. The largest absolute Gasteiger partial charge is 0.408 e. The minimum atomic E-state index is -4.41. The van der Waals surface area contributed by atoms with Crippen molar-refractivity contribution < 1.29 is 13.2 Å². The number of rotatable bonds is 4. The number of benzene rings is 1. The van der Waals surface area contributed by atoms with Crippen molar-refractivity contribution in [1.29, 1.82) is 0 Å². The van der Waals surface area contributed by atoms with Crippen LogP contribution in [0.2, 0.25) is 5.02 Å². The van der Waals surface area contributed by atoms with E-state index < -0.39 is 12.2 Å². The van der Waals surface area contributed by atoms with Gasteiger partial charge in [0.25, 0.3) is 0 Å². The van der Waals surface area contributed by atoms with Crippen LogP contribution in [0.5, 0.6) is 0 Å². The molecule has 0 N–H and O–H groups in total. The van der Waals surface area contributed by atoms with E-state index in [4.69, 9.17) is 11.6 Å². The molecular formula is C13H11ClF3N3S. The second-order valence-electron chi connectivity index (χ2n) is 4.21. The van der Waals surface area contributed by atoms with E-state index in [1.807, 2.05) is 0 Å². The maximum atomic E-state index is 13.3. The standard InChI is InChI=1S/C13H11ClF3N3S/c1-20(21-11-6-18-8-19-7-11)12(13(15,16)17)9-2-4-10(14)5-3-9/h2-8,12H,1H3/t12-/m1/s1. The summed E-state index contributed by atoms with van der Waals surface area (Å²) >= 11 is 6.66. The lowest BCUT2D eigenvalue weighted by Gasteiger charge is -2.29. The van der Waals surface area contributed by atoms with Crippen LogP contribution in [-0.4, -0.2) is 27.5 Å². The van der Waals surface area contributed by atoms with Crippen LogP contribution in [0.15, 0.2) is 47.9 Å². The average molecular weight is 334 g/mol. The summed E-state index contributed by atoms with van der Waals surface area (Å²) in [5, 5.41) is 0.395. The fourth-order valence-electron chi connectivity index (χ4n) is 1.80. The number of hydrogen-bond donors (Lipinski definition) is 0. The molecule has 1 aromatic carbocycles. The molecule has 0 aliphatic carbocycles. The zero-order valence-electron chi connectivity index (χ0n) is 10.9. The van der Waals surface area contributed by atoms with E-state index in [0.717, 1.165) is 16.3 Å². The monoisotopic (exact) mass is 333 g/mol. The summed E-state index contributed by atoms with van der Waals surface area (Å²) in [6.07, 6.45) is -0.164. The highest BCUT2D eigenvalue weighted by Gasteiger charge is 2.44. The molecule has 0 saturated carbocycles. The number of halogens is 4. The summed E-state index contributed by atoms with van der Waals surface area (Å²) in [5.41, 5.74) is 0.124. The summed E-state index contributed by atoms with van der Waals surface area (Å²) in [6, 6.07) is 3.89. The van der Waals surface area contributed by atoms with E-state index in [-0.39, 0.29) is 5.56 Å². The Hall–Kier alpha value is -1.31. The van der Waals surface area contributed by atoms with Gasteiger partial charge in [-0.2, -0.15) is 13.2 Å². The first-order chi connectivity index (χ1) is 9.88. The Morgan fingerprint density at radius 3 is 2.24 bits per heavy atom. The van der Waals surface area contributed by atoms with Gasteiger partial charge in [0.15, 0.2) is 0 Å². The SMILES string of the molecule is CN(Sc1cncnc1)[C@H](c1ccc(Cl)cc1)C(F)(F)F. The zero-order valence-corrected chi connectivity index (χ0v) is 12.5. The van der Waals surface area contributed by atoms with Gasteiger partial charge in [-0.25, -0.2) is 14.3 Å². The van der Waals surface area contributed by atoms with Crippen LogP contribution in [0.25, 0.3) is 0 Å². The molecule has 0 bridgehead atoms. The smallest absolute Gasteiger partial charge is 0.244 e. The average Bonchev–Trinajstić information content (AvgIpc) is 2.41. The molecule has 2 rings (SSSR count). The van der Waals surface area contributed by atoms with Crippen LogP contribution >= 0.6 is 23.5 Å². The molecule has 2 aromatic rings. The Labute approximate surface area is 129 Å². The maximum Gasteiger partial charge on any atom is 0.408 e. The molecule has 0 aliphatic rings. The second-order valence-corrected chi connectivity index (χ2v) is 5.87. The minimum Gasteiger partial charge on any atom is -0.244 e. The van der Waals surface area contributed by atoms with Gasteiger partial charge in [0.05, 0.1) is 4.90 Å². The van der Waals surface area contributed by atoms with E-state index >= 15 is 0 Å². The first kappa shape index (κ1) is 16.1. The van der Waals surface area contributed by atoms with Gasteiger partial charge in [0, 0.05) is 17.4 Å². The molecule has 0 amide bonds. The third-order valence-electron chi connectivity index (χ3n) is 2.65. The van der Waals surface area contributed by atoms with E-state index in [1.165, 1.54) is 50.0 Å². The molecule has 0 aliphatic heterocycles. The quantitative estimate of drug-likeness (QED) is 0.777. The molecule has 0 radical (unpaired) electrons. The van der Waals surface area contributed by atoms with Gasteiger partial charge in [-0.15, -0.1) is 0 Å². The number of alkyl halides is 3. The highest BCUT2D eigenvalue weighted by atomic mass is 35.5. The third kappa shape index (κ3) is 4.33. The summed E-state index contributed by atoms with van der Waals surface area (Å²) in [5.74, 6) is 0. The predicted molar refractivity (Wildman–Crippen MR) is 75.9 cm³/mol. The fourth-order valence-corrected chi connectivity index (χ4v) is 2.82. The van der Waals surface area contributed by atoms with Crippen molar-refractivity contribution >= 4 is 23.5 Å². The zero-order chi connectivity index (χ0) is 15.5. The lowest BCUT2D eigenvalue weighted by molar-refractivity contribution is -0.169. The van der Waals surface area contributed by atoms with E-state index in [0.29, 0.717) is 9.92 Å². The van der Waals surface area contributed by atoms with E-state index in [2.05, 4.69) is 9.97 Å². The molecule has 0 spiro atoms. The first-order valence-corrected chi connectivity index (χ1v) is 7.01. The van der Waals surface area contributed by atoms with Gasteiger partial charge in [0.1, 0.15) is 12.4 Å². The van der Waals surface area contributed by atoms with Crippen LogP contribution in [0.4, 0.5) is 13.2 Å². The van der Waals surface area contributed by atoms with Crippen LogP contribution < -0.4 is 0 Å². The molecule has 8 heteroatoms. The van der Waals surface area contributed by atoms with Gasteiger partial charge < -0.3 is 0 Å². The molecule has 0 saturated heterocycles. The molecule has 21 heavy (non-hydrogen) atoms. The second kappa shape index (κ2) is 6.64. The molecule has 1 atom stereocenters. The summed E-state index contributed by atoms with van der Waals surface area (Å²) < 4.78 is 41.1. The van der Waals surface area contributed by atoms with Gasteiger partial charge in [0.2, 0.25) is 0 Å². The van der Waals surface area contributed by atoms with Crippen molar-refractivity contribution in [3.8, 4) is 0 Å². The molecule has 0 fully saturated rings. The van der Waals surface area contributed by atoms with Crippen molar-refractivity contribution in [1.82, 2.24) is 14.3 Å². The summed E-state index contributed by atoms with van der Waals surface area (Å²) in [6.45, 7) is 0. The highest BCUT2D eigenvalue weighted by Crippen LogP contribution is 2.41. The highest BCUT2D eigenvalue weighted by molar-refractivity contribution is 7.97. The Kier molecular flexibility index (Phi) is 5.08. The summed E-state index contributed by atoms with van der Waals surface area (Å²) in [4.78, 5) is 8.10. The normalized spacial score (nSPS) is 13.4. The van der Waals surface area contributed by atoms with Gasteiger partial charge in [-0.05, 0) is 36.7 Å². The first-order valence-electron chi connectivity index (χ1n) is 5.86.